The van der Waals surface area contributed by atoms with Crippen LogP contribution >= 0.6 is 11.3 Å². The van der Waals surface area contributed by atoms with Crippen LogP contribution in [0.25, 0.3) is 0 Å². The van der Waals surface area contributed by atoms with Crippen molar-refractivity contribution in [2.75, 3.05) is 5.32 Å². The van der Waals surface area contributed by atoms with Crippen LogP contribution in [0, 0.1) is 13.8 Å². The number of carbonyl (C=O) groups is 3. The SMILES string of the molecule is Cc1ccc(C(C)C)c(OCc2ccc(C(=O)Nc3sc(C(N)=O)c(C)c3C(=O)OC(C)C)o2)c1. The number of ether oxygens (including phenoxy) is 2. The fourth-order valence-corrected chi connectivity index (χ4v) is 4.53. The lowest BCUT2D eigenvalue weighted by molar-refractivity contribution is 0.0379. The number of rotatable bonds is 9. The van der Waals surface area contributed by atoms with Gasteiger partial charge in [-0.1, -0.05) is 26.0 Å². The van der Waals surface area contributed by atoms with Gasteiger partial charge in [-0.25, -0.2) is 4.79 Å². The fourth-order valence-electron chi connectivity index (χ4n) is 3.49. The first-order valence-corrected chi connectivity index (χ1v) is 12.1. The van der Waals surface area contributed by atoms with Crippen LogP contribution in [0.2, 0.25) is 0 Å². The first-order chi connectivity index (χ1) is 16.5. The van der Waals surface area contributed by atoms with Gasteiger partial charge in [0.05, 0.1) is 16.5 Å². The number of anilines is 1. The third kappa shape index (κ3) is 6.10. The highest BCUT2D eigenvalue weighted by atomic mass is 32.1. The predicted molar refractivity (Wildman–Crippen MR) is 134 cm³/mol. The van der Waals surface area contributed by atoms with Gasteiger partial charge >= 0.3 is 5.97 Å². The number of thiophene rings is 1. The van der Waals surface area contributed by atoms with E-state index < -0.39 is 17.8 Å². The molecule has 0 atom stereocenters. The van der Waals surface area contributed by atoms with Crippen molar-refractivity contribution in [2.24, 2.45) is 5.73 Å². The minimum Gasteiger partial charge on any atom is -0.485 e. The summed E-state index contributed by atoms with van der Waals surface area (Å²) in [6, 6.07) is 9.23. The zero-order valence-electron chi connectivity index (χ0n) is 20.7. The molecular weight excluding hydrogens is 468 g/mol. The fraction of sp³-hybridized carbons (Fsp3) is 0.346. The molecule has 0 saturated heterocycles. The number of amides is 2. The van der Waals surface area contributed by atoms with Gasteiger partial charge in [-0.15, -0.1) is 11.3 Å². The molecule has 9 heteroatoms. The molecule has 3 N–H and O–H groups in total. The van der Waals surface area contributed by atoms with Gasteiger partial charge in [-0.2, -0.15) is 0 Å². The summed E-state index contributed by atoms with van der Waals surface area (Å²) in [6.45, 7) is 11.3. The van der Waals surface area contributed by atoms with Crippen LogP contribution in [0.15, 0.2) is 34.7 Å². The van der Waals surface area contributed by atoms with E-state index in [4.69, 9.17) is 19.6 Å². The topological polar surface area (TPSA) is 121 Å². The van der Waals surface area contributed by atoms with Crippen molar-refractivity contribution in [3.63, 3.8) is 0 Å². The number of hydrogen-bond acceptors (Lipinski definition) is 7. The Morgan fingerprint density at radius 2 is 1.80 bits per heavy atom. The molecule has 0 radical (unpaired) electrons. The molecule has 2 heterocycles. The van der Waals surface area contributed by atoms with Crippen molar-refractivity contribution in [1.82, 2.24) is 0 Å². The Morgan fingerprint density at radius 3 is 2.43 bits per heavy atom. The summed E-state index contributed by atoms with van der Waals surface area (Å²) in [5.74, 6) is -0.364. The molecule has 35 heavy (non-hydrogen) atoms. The minimum absolute atomic E-state index is 0.0341. The van der Waals surface area contributed by atoms with Gasteiger partial charge in [0.1, 0.15) is 23.1 Å². The van der Waals surface area contributed by atoms with Crippen molar-refractivity contribution < 1.29 is 28.3 Å². The average Bonchev–Trinajstić information content (AvgIpc) is 3.36. The summed E-state index contributed by atoms with van der Waals surface area (Å²) in [7, 11) is 0. The second-order valence-electron chi connectivity index (χ2n) is 8.78. The lowest BCUT2D eigenvalue weighted by atomic mass is 10.0. The second kappa shape index (κ2) is 10.8. The standard InChI is InChI=1S/C26H30N2O6S/c1-13(2)18-9-7-15(5)11-20(18)32-12-17-8-10-19(34-17)24(30)28-25-21(26(31)33-14(3)4)16(6)22(35-25)23(27)29/h7-11,13-14H,12H2,1-6H3,(H2,27,29)(H,28,30). The molecule has 3 rings (SSSR count). The van der Waals surface area contributed by atoms with Crippen molar-refractivity contribution in [3.8, 4) is 5.75 Å². The van der Waals surface area contributed by atoms with Crippen LogP contribution in [0.3, 0.4) is 0 Å². The maximum atomic E-state index is 12.9. The number of carbonyl (C=O) groups excluding carboxylic acids is 3. The van der Waals surface area contributed by atoms with Gasteiger partial charge in [-0.3, -0.25) is 9.59 Å². The normalized spacial score (nSPS) is 11.1. The lowest BCUT2D eigenvalue weighted by Gasteiger charge is -2.14. The maximum absolute atomic E-state index is 12.9. The second-order valence-corrected chi connectivity index (χ2v) is 9.80. The van der Waals surface area contributed by atoms with Crippen LogP contribution in [-0.4, -0.2) is 23.9 Å². The predicted octanol–water partition coefficient (Wildman–Crippen LogP) is 5.58. The Bertz CT molecular complexity index is 1250. The lowest BCUT2D eigenvalue weighted by Crippen LogP contribution is -2.17. The molecule has 1 aromatic carbocycles. The third-order valence-corrected chi connectivity index (χ3v) is 6.41. The quantitative estimate of drug-likeness (QED) is 0.372. The van der Waals surface area contributed by atoms with Crippen LogP contribution in [0.5, 0.6) is 5.75 Å². The highest BCUT2D eigenvalue weighted by Gasteiger charge is 2.27. The first kappa shape index (κ1) is 26.0. The molecule has 0 aliphatic rings. The third-order valence-electron chi connectivity index (χ3n) is 5.19. The van der Waals surface area contributed by atoms with Crippen molar-refractivity contribution >= 4 is 34.1 Å². The molecule has 2 amide bonds. The van der Waals surface area contributed by atoms with Crippen LogP contribution < -0.4 is 15.8 Å². The zero-order chi connectivity index (χ0) is 25.9. The molecule has 3 aromatic rings. The molecule has 8 nitrogen and oxygen atoms in total. The largest absolute Gasteiger partial charge is 0.485 e. The smallest absolute Gasteiger partial charge is 0.341 e. The molecular formula is C26H30N2O6S. The number of nitrogens with one attached hydrogen (secondary N) is 1. The molecule has 2 aromatic heterocycles. The Hall–Kier alpha value is -3.59. The maximum Gasteiger partial charge on any atom is 0.341 e. The van der Waals surface area contributed by atoms with E-state index in [-0.39, 0.29) is 33.9 Å². The van der Waals surface area contributed by atoms with E-state index in [1.807, 2.05) is 25.1 Å². The molecule has 0 spiro atoms. The average molecular weight is 499 g/mol. The van der Waals surface area contributed by atoms with Gasteiger partial charge in [0.2, 0.25) is 0 Å². The Labute approximate surface area is 208 Å². The molecule has 0 fully saturated rings. The summed E-state index contributed by atoms with van der Waals surface area (Å²) in [6.07, 6.45) is -0.375. The van der Waals surface area contributed by atoms with Crippen LogP contribution in [-0.2, 0) is 11.3 Å². The number of esters is 1. The Balaban J connectivity index is 1.78. The van der Waals surface area contributed by atoms with E-state index in [2.05, 4.69) is 19.2 Å². The van der Waals surface area contributed by atoms with Gasteiger partial charge in [-0.05, 0) is 68.5 Å². The number of benzene rings is 1. The van der Waals surface area contributed by atoms with Crippen LogP contribution in [0.4, 0.5) is 5.00 Å². The Morgan fingerprint density at radius 1 is 1.09 bits per heavy atom. The summed E-state index contributed by atoms with van der Waals surface area (Å²) < 4.78 is 16.9. The summed E-state index contributed by atoms with van der Waals surface area (Å²) in [5, 5.41) is 2.82. The Kier molecular flexibility index (Phi) is 8.01. The highest BCUT2D eigenvalue weighted by Crippen LogP contribution is 2.34. The van der Waals surface area contributed by atoms with Crippen molar-refractivity contribution in [1.29, 1.82) is 0 Å². The van der Waals surface area contributed by atoms with E-state index in [9.17, 15) is 14.4 Å². The minimum atomic E-state index is -0.694. The molecule has 0 bridgehead atoms. The van der Waals surface area contributed by atoms with Gasteiger partial charge < -0.3 is 24.9 Å². The van der Waals surface area contributed by atoms with Gasteiger partial charge in [0.15, 0.2) is 5.76 Å². The van der Waals surface area contributed by atoms with Crippen LogP contribution in [0.1, 0.15) is 86.6 Å². The number of nitrogens with two attached hydrogens (primary N) is 1. The first-order valence-electron chi connectivity index (χ1n) is 11.3. The van der Waals surface area contributed by atoms with E-state index in [1.165, 1.54) is 6.07 Å². The molecule has 0 aliphatic heterocycles. The van der Waals surface area contributed by atoms with Crippen molar-refractivity contribution in [3.05, 3.63) is 69.0 Å². The van der Waals surface area contributed by atoms with E-state index in [1.54, 1.807) is 26.8 Å². The summed E-state index contributed by atoms with van der Waals surface area (Å²) in [5.41, 5.74) is 8.06. The molecule has 186 valence electrons. The summed E-state index contributed by atoms with van der Waals surface area (Å²) >= 11 is 0.919. The number of hydrogen-bond donors (Lipinski definition) is 2. The molecule has 0 unspecified atom stereocenters. The monoisotopic (exact) mass is 498 g/mol. The highest BCUT2D eigenvalue weighted by molar-refractivity contribution is 7.18. The number of furan rings is 1. The zero-order valence-corrected chi connectivity index (χ0v) is 21.5. The number of aryl methyl sites for hydroxylation is 1. The van der Waals surface area contributed by atoms with E-state index in [0.717, 1.165) is 28.2 Å². The molecule has 0 aliphatic carbocycles. The number of primary amides is 1. The van der Waals surface area contributed by atoms with Crippen molar-refractivity contribution in [2.45, 2.75) is 60.2 Å². The van der Waals surface area contributed by atoms with Gasteiger partial charge in [0, 0.05) is 0 Å². The van der Waals surface area contributed by atoms with E-state index in [0.29, 0.717) is 17.2 Å². The molecule has 0 saturated carbocycles. The van der Waals surface area contributed by atoms with E-state index >= 15 is 0 Å². The van der Waals surface area contributed by atoms with Gasteiger partial charge in [0.25, 0.3) is 11.8 Å². The summed E-state index contributed by atoms with van der Waals surface area (Å²) in [4.78, 5) is 37.5.